The lowest BCUT2D eigenvalue weighted by Crippen LogP contribution is -2.22. The fourth-order valence-electron chi connectivity index (χ4n) is 3.30. The van der Waals surface area contributed by atoms with Crippen molar-refractivity contribution in [1.82, 2.24) is 24.5 Å². The van der Waals surface area contributed by atoms with Crippen molar-refractivity contribution in [3.05, 3.63) is 79.8 Å². The smallest absolute Gasteiger partial charge is 0.277 e. The minimum atomic E-state index is -0.377. The second-order valence-corrected chi connectivity index (χ2v) is 10.1. The molecule has 0 unspecified atom stereocenters. The van der Waals surface area contributed by atoms with Crippen molar-refractivity contribution in [3.8, 4) is 22.7 Å². The predicted octanol–water partition coefficient (Wildman–Crippen LogP) is 5.29. The number of rotatable bonds is 5. The quantitative estimate of drug-likeness (QED) is 0.385. The van der Waals surface area contributed by atoms with Gasteiger partial charge >= 0.3 is 0 Å². The van der Waals surface area contributed by atoms with Gasteiger partial charge in [-0.1, -0.05) is 32.4 Å². The lowest BCUT2D eigenvalue weighted by molar-refractivity contribution is 0.301. The highest BCUT2D eigenvalue weighted by molar-refractivity contribution is 7.09. The van der Waals surface area contributed by atoms with Crippen LogP contribution in [-0.4, -0.2) is 24.5 Å². The molecule has 170 valence electrons. The summed E-state index contributed by atoms with van der Waals surface area (Å²) < 4.78 is 7.31. The summed E-state index contributed by atoms with van der Waals surface area (Å²) in [7, 11) is 0. The number of halogens is 1. The highest BCUT2D eigenvalue weighted by Gasteiger charge is 2.19. The van der Waals surface area contributed by atoms with Gasteiger partial charge in [0, 0.05) is 40.5 Å². The Morgan fingerprint density at radius 1 is 1.15 bits per heavy atom. The lowest BCUT2D eigenvalue weighted by Gasteiger charge is -2.17. The minimum absolute atomic E-state index is 0.00927. The maximum absolute atomic E-state index is 13.1. The molecule has 0 fully saturated rings. The molecule has 4 rings (SSSR count). The Labute approximate surface area is 201 Å². The summed E-state index contributed by atoms with van der Waals surface area (Å²) in [6, 6.07) is 5.44. The van der Waals surface area contributed by atoms with E-state index in [0.717, 1.165) is 27.8 Å². The van der Waals surface area contributed by atoms with E-state index >= 15 is 0 Å². The van der Waals surface area contributed by atoms with Gasteiger partial charge < -0.3 is 4.74 Å². The van der Waals surface area contributed by atoms with Gasteiger partial charge in [-0.2, -0.15) is 0 Å². The maximum atomic E-state index is 13.1. The first-order chi connectivity index (χ1) is 15.6. The van der Waals surface area contributed by atoms with Crippen LogP contribution in [-0.2, 0) is 12.0 Å². The van der Waals surface area contributed by atoms with Crippen LogP contribution in [0.15, 0.2) is 47.0 Å². The number of hydrogen-bond donors (Lipinski definition) is 0. The van der Waals surface area contributed by atoms with E-state index in [-0.39, 0.29) is 22.6 Å². The highest BCUT2D eigenvalue weighted by atomic mass is 35.5. The molecule has 9 heteroatoms. The van der Waals surface area contributed by atoms with E-state index in [9.17, 15) is 4.79 Å². The summed E-state index contributed by atoms with van der Waals surface area (Å²) >= 11 is 7.95. The zero-order valence-electron chi connectivity index (χ0n) is 19.1. The Bertz CT molecular complexity index is 1370. The highest BCUT2D eigenvalue weighted by Crippen LogP contribution is 2.27. The molecule has 0 saturated heterocycles. The largest absolute Gasteiger partial charge is 0.485 e. The summed E-state index contributed by atoms with van der Waals surface area (Å²) in [5.74, 6) is 1.06. The van der Waals surface area contributed by atoms with Crippen molar-refractivity contribution >= 4 is 22.9 Å². The minimum Gasteiger partial charge on any atom is -0.485 e. The third kappa shape index (κ3) is 4.96. The average Bonchev–Trinajstić information content (AvgIpc) is 3.20. The monoisotopic (exact) mass is 481 g/mol. The molecule has 0 aromatic carbocycles. The van der Waals surface area contributed by atoms with Gasteiger partial charge in [0.25, 0.3) is 5.56 Å². The molecule has 4 heterocycles. The average molecular weight is 482 g/mol. The molecule has 0 aliphatic carbocycles. The van der Waals surface area contributed by atoms with Crippen LogP contribution < -0.4 is 10.3 Å². The molecule has 0 atom stereocenters. The molecule has 7 nitrogen and oxygen atoms in total. The maximum Gasteiger partial charge on any atom is 0.277 e. The second-order valence-electron chi connectivity index (χ2n) is 8.70. The number of hydrogen-bond acceptors (Lipinski definition) is 7. The van der Waals surface area contributed by atoms with Gasteiger partial charge in [-0.15, -0.1) is 11.3 Å². The Kier molecular flexibility index (Phi) is 6.32. The summed E-state index contributed by atoms with van der Waals surface area (Å²) in [5, 5.41) is 2.89. The fourth-order valence-corrected chi connectivity index (χ4v) is 4.10. The first-order valence-electron chi connectivity index (χ1n) is 10.4. The van der Waals surface area contributed by atoms with E-state index in [0.29, 0.717) is 17.1 Å². The second kappa shape index (κ2) is 9.03. The molecule has 4 aromatic rings. The molecule has 33 heavy (non-hydrogen) atoms. The molecular weight excluding hydrogens is 458 g/mol. The van der Waals surface area contributed by atoms with Gasteiger partial charge in [-0.05, 0) is 26.0 Å². The number of ether oxygens (including phenoxy) is 1. The standard InChI is InChI=1S/C24H24ClN5O2S/c1-14-8-20(32-12-17-13-33-15(2)28-17)21(25)22(31)30(14)18-9-16(10-26-11-18)19-6-7-27-23(29-19)24(3,4)5/h6-11,13H,12H2,1-5H3. The normalized spacial score (nSPS) is 11.6. The van der Waals surface area contributed by atoms with E-state index in [2.05, 4.69) is 35.7 Å². The van der Waals surface area contributed by atoms with Gasteiger partial charge in [0.2, 0.25) is 0 Å². The van der Waals surface area contributed by atoms with Crippen molar-refractivity contribution < 1.29 is 4.74 Å². The first-order valence-corrected chi connectivity index (χ1v) is 11.6. The summed E-state index contributed by atoms with van der Waals surface area (Å²) in [6.07, 6.45) is 5.08. The van der Waals surface area contributed by atoms with Crippen LogP contribution >= 0.6 is 22.9 Å². The zero-order chi connectivity index (χ0) is 23.8. The molecule has 0 aliphatic rings. The van der Waals surface area contributed by atoms with Crippen LogP contribution in [0.25, 0.3) is 16.9 Å². The Morgan fingerprint density at radius 2 is 1.94 bits per heavy atom. The van der Waals surface area contributed by atoms with Crippen molar-refractivity contribution in [2.75, 3.05) is 0 Å². The van der Waals surface area contributed by atoms with Gasteiger partial charge in [0.05, 0.1) is 28.3 Å². The third-order valence-corrected chi connectivity index (χ3v) is 6.12. The summed E-state index contributed by atoms with van der Waals surface area (Å²) in [4.78, 5) is 30.9. The van der Waals surface area contributed by atoms with E-state index in [1.165, 1.54) is 4.57 Å². The van der Waals surface area contributed by atoms with Crippen LogP contribution in [0.2, 0.25) is 5.02 Å². The number of aromatic nitrogens is 5. The van der Waals surface area contributed by atoms with Crippen molar-refractivity contribution in [2.24, 2.45) is 0 Å². The van der Waals surface area contributed by atoms with E-state index in [1.54, 1.807) is 36.0 Å². The molecule has 0 N–H and O–H groups in total. The Morgan fingerprint density at radius 3 is 2.64 bits per heavy atom. The number of aryl methyl sites for hydroxylation is 2. The van der Waals surface area contributed by atoms with Crippen LogP contribution in [0.5, 0.6) is 5.75 Å². The van der Waals surface area contributed by atoms with Crippen LogP contribution in [0.1, 0.15) is 43.0 Å². The van der Waals surface area contributed by atoms with Crippen molar-refractivity contribution in [3.63, 3.8) is 0 Å². The molecular formula is C24H24ClN5O2S. The predicted molar refractivity (Wildman–Crippen MR) is 130 cm³/mol. The summed E-state index contributed by atoms with van der Waals surface area (Å²) in [6.45, 7) is 10.2. The SMILES string of the molecule is Cc1nc(COc2cc(C)n(-c3cncc(-c4ccnc(C(C)(C)C)n4)c3)c(=O)c2Cl)cs1. The molecule has 0 spiro atoms. The summed E-state index contributed by atoms with van der Waals surface area (Å²) in [5.41, 5.74) is 3.02. The van der Waals surface area contributed by atoms with Crippen molar-refractivity contribution in [2.45, 2.75) is 46.6 Å². The number of pyridine rings is 2. The Balaban J connectivity index is 1.69. The topological polar surface area (TPSA) is 82.8 Å². The first kappa shape index (κ1) is 23.1. The molecule has 0 bridgehead atoms. The van der Waals surface area contributed by atoms with Gasteiger partial charge in [-0.25, -0.2) is 15.0 Å². The number of thiazole rings is 1. The van der Waals surface area contributed by atoms with Crippen LogP contribution in [0.3, 0.4) is 0 Å². The number of nitrogens with zero attached hydrogens (tertiary/aromatic N) is 5. The van der Waals surface area contributed by atoms with E-state index < -0.39 is 0 Å². The van der Waals surface area contributed by atoms with Gasteiger partial charge in [-0.3, -0.25) is 14.3 Å². The van der Waals surface area contributed by atoms with Gasteiger partial charge in [0.1, 0.15) is 23.2 Å². The van der Waals surface area contributed by atoms with Gasteiger partial charge in [0.15, 0.2) is 0 Å². The molecule has 0 aliphatic heterocycles. The third-order valence-electron chi connectivity index (χ3n) is 4.95. The van der Waals surface area contributed by atoms with Crippen molar-refractivity contribution in [1.29, 1.82) is 0 Å². The van der Waals surface area contributed by atoms with E-state index in [4.69, 9.17) is 21.3 Å². The Hall–Kier alpha value is -3.10. The molecule has 0 saturated carbocycles. The van der Waals surface area contributed by atoms with Crippen LogP contribution in [0.4, 0.5) is 0 Å². The lowest BCUT2D eigenvalue weighted by atomic mass is 9.95. The van der Waals surface area contributed by atoms with E-state index in [1.807, 2.05) is 31.4 Å². The molecule has 0 radical (unpaired) electrons. The fraction of sp³-hybridized carbons (Fsp3) is 0.292. The molecule has 0 amide bonds. The molecule has 4 aromatic heterocycles. The van der Waals surface area contributed by atoms with Crippen LogP contribution in [0, 0.1) is 13.8 Å². The zero-order valence-corrected chi connectivity index (χ0v) is 20.7.